The van der Waals surface area contributed by atoms with E-state index in [9.17, 15) is 0 Å². The van der Waals surface area contributed by atoms with Gasteiger partial charge in [-0.1, -0.05) is 146 Å². The number of hydrogen-bond acceptors (Lipinski definition) is 1. The molecule has 2 aliphatic carbocycles. The Morgan fingerprint density at radius 2 is 0.836 bits per heavy atom. The molecule has 1 aromatic heterocycles. The lowest BCUT2D eigenvalue weighted by atomic mass is 9.70. The zero-order chi connectivity index (χ0) is 36.1. The summed E-state index contributed by atoms with van der Waals surface area (Å²) in [5, 5.41) is 5.00. The Labute approximate surface area is 319 Å². The number of anilines is 3. The molecule has 12 rings (SSSR count). The van der Waals surface area contributed by atoms with Gasteiger partial charge in [-0.2, -0.15) is 0 Å². The van der Waals surface area contributed by atoms with Crippen molar-refractivity contribution < 1.29 is 0 Å². The Hall–Kier alpha value is -7.16. The van der Waals surface area contributed by atoms with E-state index in [1.165, 1.54) is 82.8 Å². The largest absolute Gasteiger partial charge is 0.310 e. The van der Waals surface area contributed by atoms with Crippen molar-refractivity contribution in [3.63, 3.8) is 0 Å². The van der Waals surface area contributed by atoms with Crippen LogP contribution in [0.25, 0.3) is 60.5 Å². The normalized spacial score (nSPS) is 13.2. The summed E-state index contributed by atoms with van der Waals surface area (Å²) >= 11 is 0. The minimum atomic E-state index is -0.506. The van der Waals surface area contributed by atoms with E-state index < -0.39 is 5.41 Å². The molecule has 0 N–H and O–H groups in total. The molecule has 1 heterocycles. The van der Waals surface area contributed by atoms with Crippen LogP contribution in [0, 0.1) is 0 Å². The zero-order valence-electron chi connectivity index (χ0n) is 30.0. The molecule has 0 aliphatic heterocycles. The van der Waals surface area contributed by atoms with Crippen LogP contribution in [0.2, 0.25) is 0 Å². The lowest BCUT2D eigenvalue weighted by Gasteiger charge is -2.32. The number of hydrogen-bond donors (Lipinski definition) is 0. The average molecular weight is 699 g/mol. The third-order valence-corrected chi connectivity index (χ3v) is 12.2. The summed E-state index contributed by atoms with van der Waals surface area (Å²) in [5.74, 6) is 0. The monoisotopic (exact) mass is 698 g/mol. The maximum Gasteiger partial charge on any atom is 0.0727 e. The molecule has 55 heavy (non-hydrogen) atoms. The number of fused-ring (bicyclic) bond motifs is 14. The Morgan fingerprint density at radius 3 is 1.55 bits per heavy atom. The van der Waals surface area contributed by atoms with Crippen LogP contribution in [0.3, 0.4) is 0 Å². The van der Waals surface area contributed by atoms with Gasteiger partial charge >= 0.3 is 0 Å². The van der Waals surface area contributed by atoms with Gasteiger partial charge < -0.3 is 9.47 Å². The van der Waals surface area contributed by atoms with Gasteiger partial charge in [-0.05, 0) is 116 Å². The second-order valence-corrected chi connectivity index (χ2v) is 14.9. The maximum absolute atomic E-state index is 2.49. The van der Waals surface area contributed by atoms with Crippen molar-refractivity contribution in [2.45, 2.75) is 5.41 Å². The minimum absolute atomic E-state index is 0.506. The van der Waals surface area contributed by atoms with Gasteiger partial charge in [0, 0.05) is 33.5 Å². The fourth-order valence-electron chi connectivity index (χ4n) is 9.93. The predicted molar refractivity (Wildman–Crippen MR) is 229 cm³/mol. The quantitative estimate of drug-likeness (QED) is 0.178. The van der Waals surface area contributed by atoms with E-state index in [1.54, 1.807) is 0 Å². The number of benzene rings is 9. The molecular formula is C53H34N2. The van der Waals surface area contributed by atoms with E-state index in [0.29, 0.717) is 0 Å². The molecule has 0 radical (unpaired) electrons. The van der Waals surface area contributed by atoms with E-state index in [-0.39, 0.29) is 0 Å². The molecule has 0 saturated heterocycles. The average Bonchev–Trinajstić information content (AvgIpc) is 3.85. The summed E-state index contributed by atoms with van der Waals surface area (Å²) in [6, 6.07) is 76.4. The highest BCUT2D eigenvalue weighted by Gasteiger charge is 2.52. The molecular weight excluding hydrogens is 665 g/mol. The summed E-state index contributed by atoms with van der Waals surface area (Å²) < 4.78 is 2.46. The van der Waals surface area contributed by atoms with Crippen LogP contribution in [-0.4, -0.2) is 4.57 Å². The second-order valence-electron chi connectivity index (χ2n) is 14.9. The Kier molecular flexibility index (Phi) is 6.29. The smallest absolute Gasteiger partial charge is 0.0727 e. The molecule has 256 valence electrons. The van der Waals surface area contributed by atoms with Gasteiger partial charge in [-0.3, -0.25) is 0 Å². The van der Waals surface area contributed by atoms with E-state index in [4.69, 9.17) is 0 Å². The number of nitrogens with zero attached hydrogens (tertiary/aromatic N) is 2. The minimum Gasteiger partial charge on any atom is -0.310 e. The Bertz CT molecular complexity index is 3070. The van der Waals surface area contributed by atoms with Crippen molar-refractivity contribution in [2.24, 2.45) is 0 Å². The molecule has 0 saturated carbocycles. The van der Waals surface area contributed by atoms with E-state index >= 15 is 0 Å². The first-order valence-corrected chi connectivity index (χ1v) is 19.1. The van der Waals surface area contributed by atoms with Gasteiger partial charge in [-0.25, -0.2) is 0 Å². The van der Waals surface area contributed by atoms with Crippen LogP contribution in [0.5, 0.6) is 0 Å². The summed E-state index contributed by atoms with van der Waals surface area (Å²) in [4.78, 5) is 2.42. The molecule has 0 fully saturated rings. The highest BCUT2D eigenvalue weighted by molar-refractivity contribution is 6.09. The fraction of sp³-hybridized carbons (Fsp3) is 0.0189. The van der Waals surface area contributed by atoms with Gasteiger partial charge in [0.1, 0.15) is 0 Å². The molecule has 0 unspecified atom stereocenters. The zero-order valence-corrected chi connectivity index (χ0v) is 30.0. The molecule has 0 amide bonds. The highest BCUT2D eigenvalue weighted by atomic mass is 15.1. The first kappa shape index (κ1) is 30.3. The van der Waals surface area contributed by atoms with Crippen molar-refractivity contribution in [3.05, 3.63) is 229 Å². The SMILES string of the molecule is c1ccc(N(c2ccc3c(c2)C2(c4ccccc4-c4ccccc42)c2cc(-n4c5ccccc5c5ccccc54)ccc2-3)c2ccc3ccccc3c2)cc1. The van der Waals surface area contributed by atoms with Crippen molar-refractivity contribution in [3.8, 4) is 27.9 Å². The topological polar surface area (TPSA) is 8.17 Å². The Balaban J connectivity index is 1.15. The van der Waals surface area contributed by atoms with Crippen molar-refractivity contribution in [1.29, 1.82) is 0 Å². The maximum atomic E-state index is 2.49. The highest BCUT2D eigenvalue weighted by Crippen LogP contribution is 2.63. The van der Waals surface area contributed by atoms with Crippen LogP contribution in [0.1, 0.15) is 22.3 Å². The third kappa shape index (κ3) is 4.14. The molecule has 2 nitrogen and oxygen atoms in total. The molecule has 2 heteroatoms. The van der Waals surface area contributed by atoms with Crippen molar-refractivity contribution in [2.75, 3.05) is 4.90 Å². The van der Waals surface area contributed by atoms with Gasteiger partial charge in [0.2, 0.25) is 0 Å². The summed E-state index contributed by atoms with van der Waals surface area (Å²) in [7, 11) is 0. The van der Waals surface area contributed by atoms with Crippen LogP contribution in [0.15, 0.2) is 206 Å². The number of aromatic nitrogens is 1. The second kappa shape index (κ2) is 11.4. The van der Waals surface area contributed by atoms with Gasteiger partial charge in [0.25, 0.3) is 0 Å². The van der Waals surface area contributed by atoms with Crippen LogP contribution in [0.4, 0.5) is 17.1 Å². The van der Waals surface area contributed by atoms with Crippen molar-refractivity contribution in [1.82, 2.24) is 4.57 Å². The van der Waals surface area contributed by atoms with Crippen LogP contribution < -0.4 is 4.90 Å². The standard InChI is InChI=1S/C53H34N2/c1-2-16-37(17-3-1)54(38-27-26-35-14-4-5-15-36(35)32-38)39-28-30-43-44-31-29-40(55-51-24-12-8-20-45(51)46-21-9-13-25-52(46)55)34-50(44)53(49(43)33-39)47-22-10-6-18-41(47)42-19-7-11-23-48(42)53/h1-34H. The number of rotatable bonds is 4. The molecule has 9 aromatic carbocycles. The van der Waals surface area contributed by atoms with Crippen molar-refractivity contribution >= 4 is 49.6 Å². The lowest BCUT2D eigenvalue weighted by Crippen LogP contribution is -2.26. The molecule has 10 aromatic rings. The summed E-state index contributed by atoms with van der Waals surface area (Å²) in [6.07, 6.45) is 0. The van der Waals surface area contributed by atoms with Gasteiger partial charge in [0.15, 0.2) is 0 Å². The predicted octanol–water partition coefficient (Wildman–Crippen LogP) is 13.8. The molecule has 1 spiro atoms. The molecule has 0 bridgehead atoms. The van der Waals surface area contributed by atoms with Gasteiger partial charge in [0.05, 0.1) is 16.4 Å². The van der Waals surface area contributed by atoms with E-state index in [2.05, 4.69) is 216 Å². The molecule has 0 atom stereocenters. The summed E-state index contributed by atoms with van der Waals surface area (Å²) in [6.45, 7) is 0. The summed E-state index contributed by atoms with van der Waals surface area (Å²) in [5.41, 5.74) is 17.0. The van der Waals surface area contributed by atoms with E-state index in [0.717, 1.165) is 17.1 Å². The Morgan fingerprint density at radius 1 is 0.327 bits per heavy atom. The van der Waals surface area contributed by atoms with Crippen LogP contribution in [-0.2, 0) is 5.41 Å². The third-order valence-electron chi connectivity index (χ3n) is 12.2. The van der Waals surface area contributed by atoms with E-state index in [1.807, 2.05) is 0 Å². The number of para-hydroxylation sites is 3. The van der Waals surface area contributed by atoms with Crippen LogP contribution >= 0.6 is 0 Å². The first-order chi connectivity index (χ1) is 27.3. The fourth-order valence-corrected chi connectivity index (χ4v) is 9.93. The lowest BCUT2D eigenvalue weighted by molar-refractivity contribution is 0.792. The van der Waals surface area contributed by atoms with Gasteiger partial charge in [-0.15, -0.1) is 0 Å². The molecule has 2 aliphatic rings. The first-order valence-electron chi connectivity index (χ1n) is 19.1.